The molecule has 3 N–H and O–H groups in total. The lowest BCUT2D eigenvalue weighted by molar-refractivity contribution is -0.394. The molecule has 2 aromatic rings. The van der Waals surface area contributed by atoms with E-state index in [0.29, 0.717) is 18.5 Å². The molecule has 162 valence electrons. The smallest absolute Gasteiger partial charge is 0.277 e. The highest BCUT2D eigenvalue weighted by molar-refractivity contribution is 7.80. The molecule has 0 heterocycles. The summed E-state index contributed by atoms with van der Waals surface area (Å²) in [6.45, 7) is 1.87. The average molecular weight is 466 g/mol. The maximum atomic E-state index is 12.4. The molecule has 0 fully saturated rings. The van der Waals surface area contributed by atoms with Crippen molar-refractivity contribution in [1.82, 2.24) is 5.32 Å². The summed E-state index contributed by atoms with van der Waals surface area (Å²) >= 11 is 11.2. The molecule has 0 spiro atoms. The molecule has 0 aromatic heterocycles. The SMILES string of the molecule is CCCC(=O)Nc1ccc(Cl)c(NC(=S)NC(=O)c2cc([N+](=O)[O-])cc([N+](=O)[O-])c2)c1. The van der Waals surface area contributed by atoms with Crippen molar-refractivity contribution in [1.29, 1.82) is 0 Å². The van der Waals surface area contributed by atoms with Gasteiger partial charge in [-0.2, -0.15) is 0 Å². The van der Waals surface area contributed by atoms with E-state index in [1.54, 1.807) is 6.07 Å². The van der Waals surface area contributed by atoms with Gasteiger partial charge in [-0.1, -0.05) is 18.5 Å². The van der Waals surface area contributed by atoms with Crippen LogP contribution in [0.3, 0.4) is 0 Å². The number of nitrogens with zero attached hydrogens (tertiary/aromatic N) is 2. The number of rotatable bonds is 7. The molecule has 0 saturated carbocycles. The van der Waals surface area contributed by atoms with Gasteiger partial charge in [-0.05, 0) is 36.8 Å². The Morgan fingerprint density at radius 1 is 1.03 bits per heavy atom. The number of benzene rings is 2. The number of hydrogen-bond donors (Lipinski definition) is 3. The van der Waals surface area contributed by atoms with E-state index >= 15 is 0 Å². The number of hydrogen-bond acceptors (Lipinski definition) is 7. The third-order valence-electron chi connectivity index (χ3n) is 3.79. The second-order valence-corrected chi connectivity index (χ2v) is 6.97. The van der Waals surface area contributed by atoms with E-state index < -0.39 is 27.1 Å². The number of nitrogens with one attached hydrogen (secondary N) is 3. The summed E-state index contributed by atoms with van der Waals surface area (Å²) in [6.07, 6.45) is 1.02. The standard InChI is InChI=1S/C18H16ClN5O6S/c1-2-3-16(25)20-11-4-5-14(19)15(8-11)21-18(31)22-17(26)10-6-12(23(27)28)9-13(7-10)24(29)30/h4-9H,2-3H2,1H3,(H,20,25)(H2,21,22,26,31). The third kappa shape index (κ3) is 6.69. The lowest BCUT2D eigenvalue weighted by Gasteiger charge is -2.13. The Hall–Kier alpha value is -3.64. The Morgan fingerprint density at radius 2 is 1.65 bits per heavy atom. The lowest BCUT2D eigenvalue weighted by atomic mass is 10.1. The van der Waals surface area contributed by atoms with Crippen molar-refractivity contribution in [3.8, 4) is 0 Å². The van der Waals surface area contributed by atoms with Crippen LogP contribution in [0.5, 0.6) is 0 Å². The fourth-order valence-electron chi connectivity index (χ4n) is 2.42. The number of anilines is 2. The lowest BCUT2D eigenvalue weighted by Crippen LogP contribution is -2.34. The van der Waals surface area contributed by atoms with Gasteiger partial charge in [0.2, 0.25) is 5.91 Å². The molecular weight excluding hydrogens is 450 g/mol. The molecule has 0 saturated heterocycles. The maximum absolute atomic E-state index is 12.4. The Kier molecular flexibility index (Phi) is 7.94. The van der Waals surface area contributed by atoms with E-state index in [-0.39, 0.29) is 27.3 Å². The van der Waals surface area contributed by atoms with Gasteiger partial charge in [0, 0.05) is 24.2 Å². The average Bonchev–Trinajstić information content (AvgIpc) is 2.70. The Labute approximate surface area is 186 Å². The second kappa shape index (κ2) is 10.4. The molecule has 2 aromatic carbocycles. The van der Waals surface area contributed by atoms with Crippen LogP contribution in [-0.4, -0.2) is 26.8 Å². The van der Waals surface area contributed by atoms with Crippen LogP contribution in [0.4, 0.5) is 22.7 Å². The zero-order chi connectivity index (χ0) is 23.1. The van der Waals surface area contributed by atoms with Crippen molar-refractivity contribution >= 4 is 63.5 Å². The predicted octanol–water partition coefficient (Wildman–Crippen LogP) is 4.02. The number of nitro benzene ring substituents is 2. The zero-order valence-electron chi connectivity index (χ0n) is 16.0. The molecule has 2 rings (SSSR count). The van der Waals surface area contributed by atoms with Gasteiger partial charge < -0.3 is 10.6 Å². The first kappa shape index (κ1) is 23.6. The van der Waals surface area contributed by atoms with E-state index in [1.807, 2.05) is 6.92 Å². The Morgan fingerprint density at radius 3 is 2.19 bits per heavy atom. The first-order chi connectivity index (χ1) is 14.6. The highest BCUT2D eigenvalue weighted by Crippen LogP contribution is 2.26. The number of nitro groups is 2. The van der Waals surface area contributed by atoms with E-state index in [1.165, 1.54) is 12.1 Å². The van der Waals surface area contributed by atoms with Gasteiger partial charge in [-0.15, -0.1) is 0 Å². The van der Waals surface area contributed by atoms with E-state index in [4.69, 9.17) is 23.8 Å². The van der Waals surface area contributed by atoms with Gasteiger partial charge in [0.25, 0.3) is 17.3 Å². The van der Waals surface area contributed by atoms with Crippen LogP contribution in [-0.2, 0) is 4.79 Å². The number of amides is 2. The fraction of sp³-hybridized carbons (Fsp3) is 0.167. The maximum Gasteiger partial charge on any atom is 0.277 e. The van der Waals surface area contributed by atoms with E-state index in [0.717, 1.165) is 18.2 Å². The van der Waals surface area contributed by atoms with Crippen LogP contribution in [0, 0.1) is 20.2 Å². The van der Waals surface area contributed by atoms with E-state index in [9.17, 15) is 29.8 Å². The summed E-state index contributed by atoms with van der Waals surface area (Å²) in [5, 5.41) is 29.6. The Bertz CT molecular complexity index is 1050. The van der Waals surface area contributed by atoms with Gasteiger partial charge in [-0.3, -0.25) is 35.1 Å². The summed E-state index contributed by atoms with van der Waals surface area (Å²) < 4.78 is 0. The largest absolute Gasteiger partial charge is 0.331 e. The van der Waals surface area contributed by atoms with Gasteiger partial charge >= 0.3 is 0 Å². The minimum atomic E-state index is -0.896. The molecule has 11 nitrogen and oxygen atoms in total. The van der Waals surface area contributed by atoms with Crippen LogP contribution in [0.2, 0.25) is 5.02 Å². The molecule has 0 aliphatic heterocycles. The molecule has 31 heavy (non-hydrogen) atoms. The molecule has 0 aliphatic carbocycles. The summed E-state index contributed by atoms with van der Waals surface area (Å²) in [5.41, 5.74) is -0.814. The summed E-state index contributed by atoms with van der Waals surface area (Å²) in [6, 6.07) is 7.13. The third-order valence-corrected chi connectivity index (χ3v) is 4.32. The van der Waals surface area contributed by atoms with Crippen molar-refractivity contribution in [2.45, 2.75) is 19.8 Å². The number of carbonyl (C=O) groups is 2. The predicted molar refractivity (Wildman–Crippen MR) is 118 cm³/mol. The normalized spacial score (nSPS) is 10.1. The van der Waals surface area contributed by atoms with Crippen LogP contribution in [0.15, 0.2) is 36.4 Å². The van der Waals surface area contributed by atoms with Crippen molar-refractivity contribution in [2.24, 2.45) is 0 Å². The van der Waals surface area contributed by atoms with Crippen LogP contribution >= 0.6 is 23.8 Å². The molecule has 0 radical (unpaired) electrons. The highest BCUT2D eigenvalue weighted by Gasteiger charge is 2.20. The first-order valence-electron chi connectivity index (χ1n) is 8.76. The monoisotopic (exact) mass is 465 g/mol. The van der Waals surface area contributed by atoms with Gasteiger partial charge in [0.1, 0.15) is 0 Å². The van der Waals surface area contributed by atoms with E-state index in [2.05, 4.69) is 16.0 Å². The Balaban J connectivity index is 2.16. The zero-order valence-corrected chi connectivity index (χ0v) is 17.6. The van der Waals surface area contributed by atoms with Crippen LogP contribution < -0.4 is 16.0 Å². The highest BCUT2D eigenvalue weighted by atomic mass is 35.5. The number of halogens is 1. The van der Waals surface area contributed by atoms with Crippen LogP contribution in [0.25, 0.3) is 0 Å². The molecule has 13 heteroatoms. The molecule has 0 unspecified atom stereocenters. The molecule has 2 amide bonds. The summed E-state index contributed by atoms with van der Waals surface area (Å²) in [5.74, 6) is -1.08. The van der Waals surface area contributed by atoms with Crippen molar-refractivity contribution < 1.29 is 19.4 Å². The minimum absolute atomic E-state index is 0.182. The molecule has 0 aliphatic rings. The van der Waals surface area contributed by atoms with Gasteiger partial charge in [0.15, 0.2) is 5.11 Å². The minimum Gasteiger partial charge on any atom is -0.331 e. The molecular formula is C18H16ClN5O6S. The first-order valence-corrected chi connectivity index (χ1v) is 9.55. The van der Waals surface area contributed by atoms with Crippen molar-refractivity contribution in [2.75, 3.05) is 10.6 Å². The number of carbonyl (C=O) groups excluding carboxylic acids is 2. The number of thiocarbonyl (C=S) groups is 1. The summed E-state index contributed by atoms with van der Waals surface area (Å²) in [7, 11) is 0. The van der Waals surface area contributed by atoms with Crippen molar-refractivity contribution in [3.05, 3.63) is 67.2 Å². The van der Waals surface area contributed by atoms with Crippen LogP contribution in [0.1, 0.15) is 30.1 Å². The van der Waals surface area contributed by atoms with Crippen molar-refractivity contribution in [3.63, 3.8) is 0 Å². The molecule has 0 atom stereocenters. The number of non-ortho nitro benzene ring substituents is 2. The summed E-state index contributed by atoms with van der Waals surface area (Å²) in [4.78, 5) is 44.4. The second-order valence-electron chi connectivity index (χ2n) is 6.15. The fourth-order valence-corrected chi connectivity index (χ4v) is 2.78. The molecule has 0 bridgehead atoms. The quantitative estimate of drug-likeness (QED) is 0.314. The topological polar surface area (TPSA) is 157 Å². The van der Waals surface area contributed by atoms with Gasteiger partial charge in [0.05, 0.1) is 32.2 Å². The van der Waals surface area contributed by atoms with Gasteiger partial charge in [-0.25, -0.2) is 0 Å².